The van der Waals surface area contributed by atoms with Gasteiger partial charge in [-0.05, 0) is 0 Å². The van der Waals surface area contributed by atoms with Gasteiger partial charge in [0.15, 0.2) is 5.69 Å². The van der Waals surface area contributed by atoms with E-state index in [1.165, 1.54) is 11.3 Å². The fourth-order valence-electron chi connectivity index (χ4n) is 1.71. The van der Waals surface area contributed by atoms with Gasteiger partial charge in [-0.2, -0.15) is 9.94 Å². The molecule has 2 aromatic heterocycles. The highest BCUT2D eigenvalue weighted by Gasteiger charge is 2.27. The summed E-state index contributed by atoms with van der Waals surface area (Å²) in [6.45, 7) is 10.2. The molecule has 2 aromatic rings. The zero-order chi connectivity index (χ0) is 14.2. The van der Waals surface area contributed by atoms with Crippen LogP contribution < -0.4 is 0 Å². The van der Waals surface area contributed by atoms with Crippen LogP contribution in [-0.4, -0.2) is 25.2 Å². The van der Waals surface area contributed by atoms with Crippen molar-refractivity contribution in [1.29, 1.82) is 5.26 Å². The number of aromatic nitrogens is 5. The minimum atomic E-state index is -0.238. The molecule has 0 aliphatic rings. The summed E-state index contributed by atoms with van der Waals surface area (Å²) in [7, 11) is 0. The molecule has 0 amide bonds. The molecule has 0 aromatic carbocycles. The van der Waals surface area contributed by atoms with Crippen LogP contribution in [0.3, 0.4) is 0 Å². The first kappa shape index (κ1) is 13.6. The maximum absolute atomic E-state index is 9.14. The van der Waals surface area contributed by atoms with Crippen molar-refractivity contribution in [2.75, 3.05) is 0 Å². The molecule has 0 saturated heterocycles. The fourth-order valence-corrected chi connectivity index (χ4v) is 2.51. The number of hydrogen-bond donors (Lipinski definition) is 0. The molecule has 2 heterocycles. The number of nitrogens with zero attached hydrogens (tertiary/aromatic N) is 6. The topological polar surface area (TPSA) is 80.3 Å². The maximum atomic E-state index is 9.14. The Bertz CT molecular complexity index is 625. The summed E-state index contributed by atoms with van der Waals surface area (Å²) < 4.78 is 1.63. The van der Waals surface area contributed by atoms with Gasteiger partial charge in [0.2, 0.25) is 5.13 Å². The summed E-state index contributed by atoms with van der Waals surface area (Å²) in [4.78, 5) is 0. The Balaban J connectivity index is 2.57. The van der Waals surface area contributed by atoms with Crippen LogP contribution in [0, 0.1) is 11.3 Å². The monoisotopic (exact) mass is 276 g/mol. The molecule has 0 unspecified atom stereocenters. The summed E-state index contributed by atoms with van der Waals surface area (Å²) in [6, 6.07) is 2.08. The Morgan fingerprint density at radius 3 is 2.37 bits per heavy atom. The van der Waals surface area contributed by atoms with Crippen molar-refractivity contribution in [1.82, 2.24) is 25.2 Å². The molecule has 0 atom stereocenters. The first-order chi connectivity index (χ1) is 8.84. The summed E-state index contributed by atoms with van der Waals surface area (Å²) in [5.41, 5.74) is 0.869. The third kappa shape index (κ3) is 2.49. The van der Waals surface area contributed by atoms with Gasteiger partial charge in [-0.1, -0.05) is 51.2 Å². The highest BCUT2D eigenvalue weighted by Crippen LogP contribution is 2.29. The second-order valence-electron chi connectivity index (χ2n) is 5.64. The van der Waals surface area contributed by atoms with Crippen molar-refractivity contribution < 1.29 is 0 Å². The predicted octanol–water partition coefficient (Wildman–Crippen LogP) is 2.41. The minimum absolute atomic E-state index is 0.238. The molecule has 7 heteroatoms. The van der Waals surface area contributed by atoms with E-state index in [1.54, 1.807) is 4.68 Å². The molecule has 0 aliphatic carbocycles. The van der Waals surface area contributed by atoms with Crippen molar-refractivity contribution in [3.8, 4) is 11.2 Å². The average Bonchev–Trinajstić information content (AvgIpc) is 2.94. The highest BCUT2D eigenvalue weighted by atomic mass is 32.1. The Kier molecular flexibility index (Phi) is 3.37. The molecule has 0 saturated carbocycles. The van der Waals surface area contributed by atoms with Crippen LogP contribution >= 0.6 is 11.3 Å². The SMILES string of the molecule is CC(C)c1nnc(-n2nnc(C#N)c2C(C)(C)C)s1. The van der Waals surface area contributed by atoms with E-state index in [9.17, 15) is 0 Å². The predicted molar refractivity (Wildman–Crippen MR) is 72.3 cm³/mol. The normalized spacial score (nSPS) is 11.8. The van der Waals surface area contributed by atoms with Gasteiger partial charge in [-0.15, -0.1) is 15.3 Å². The lowest BCUT2D eigenvalue weighted by Crippen LogP contribution is -2.18. The third-order valence-corrected chi connectivity index (χ3v) is 3.79. The molecule has 0 spiro atoms. The average molecular weight is 276 g/mol. The fraction of sp³-hybridized carbons (Fsp3) is 0.583. The standard InChI is InChI=1S/C12H16N6S/c1-7(2)10-15-16-11(19-10)18-9(12(3,4)5)8(6-13)14-17-18/h7H,1-5H3. The minimum Gasteiger partial charge on any atom is -0.191 e. The summed E-state index contributed by atoms with van der Waals surface area (Å²) >= 11 is 1.48. The van der Waals surface area contributed by atoms with E-state index in [0.29, 0.717) is 16.7 Å². The van der Waals surface area contributed by atoms with Crippen molar-refractivity contribution in [2.45, 2.75) is 46.0 Å². The molecular weight excluding hydrogens is 260 g/mol. The molecular formula is C12H16N6S. The molecule has 0 bridgehead atoms. The van der Waals surface area contributed by atoms with E-state index in [-0.39, 0.29) is 5.41 Å². The number of hydrogen-bond acceptors (Lipinski definition) is 6. The lowest BCUT2D eigenvalue weighted by molar-refractivity contribution is 0.540. The first-order valence-electron chi connectivity index (χ1n) is 6.04. The quantitative estimate of drug-likeness (QED) is 0.841. The van der Waals surface area contributed by atoms with Crippen LogP contribution in [0.5, 0.6) is 0 Å². The van der Waals surface area contributed by atoms with Crippen LogP contribution in [0.2, 0.25) is 0 Å². The van der Waals surface area contributed by atoms with E-state index >= 15 is 0 Å². The molecule has 0 fully saturated rings. The van der Waals surface area contributed by atoms with Gasteiger partial charge in [-0.25, -0.2) is 0 Å². The Labute approximate surface area is 116 Å². The van der Waals surface area contributed by atoms with Gasteiger partial charge >= 0.3 is 0 Å². The van der Waals surface area contributed by atoms with Crippen molar-refractivity contribution in [3.05, 3.63) is 16.4 Å². The second kappa shape index (κ2) is 4.70. The van der Waals surface area contributed by atoms with E-state index in [0.717, 1.165) is 10.7 Å². The zero-order valence-corrected chi connectivity index (χ0v) is 12.5. The van der Waals surface area contributed by atoms with Crippen molar-refractivity contribution >= 4 is 11.3 Å². The van der Waals surface area contributed by atoms with Gasteiger partial charge in [0.05, 0.1) is 5.69 Å². The molecule has 100 valence electrons. The smallest absolute Gasteiger partial charge is 0.191 e. The van der Waals surface area contributed by atoms with Crippen LogP contribution in [0.4, 0.5) is 0 Å². The van der Waals surface area contributed by atoms with Gasteiger partial charge in [0.1, 0.15) is 11.1 Å². The molecule has 6 nitrogen and oxygen atoms in total. The Morgan fingerprint density at radius 1 is 1.21 bits per heavy atom. The third-order valence-electron chi connectivity index (χ3n) is 2.59. The zero-order valence-electron chi connectivity index (χ0n) is 11.7. The Morgan fingerprint density at radius 2 is 1.89 bits per heavy atom. The lowest BCUT2D eigenvalue weighted by atomic mass is 9.90. The summed E-state index contributed by atoms with van der Waals surface area (Å²) in [5.74, 6) is 0.322. The number of rotatable bonds is 2. The Hall–Kier alpha value is -1.81. The second-order valence-corrected chi connectivity index (χ2v) is 6.63. The molecule has 19 heavy (non-hydrogen) atoms. The van der Waals surface area contributed by atoms with Gasteiger partial charge in [-0.3, -0.25) is 0 Å². The molecule has 2 rings (SSSR count). The highest BCUT2D eigenvalue weighted by molar-refractivity contribution is 7.13. The van der Waals surface area contributed by atoms with E-state index in [1.807, 2.05) is 20.8 Å². The van der Waals surface area contributed by atoms with Gasteiger partial charge in [0.25, 0.3) is 0 Å². The van der Waals surface area contributed by atoms with Crippen LogP contribution in [0.15, 0.2) is 0 Å². The van der Waals surface area contributed by atoms with E-state index in [4.69, 9.17) is 5.26 Å². The largest absolute Gasteiger partial charge is 0.234 e. The van der Waals surface area contributed by atoms with E-state index in [2.05, 4.69) is 40.4 Å². The van der Waals surface area contributed by atoms with Crippen molar-refractivity contribution in [2.24, 2.45) is 0 Å². The van der Waals surface area contributed by atoms with Crippen LogP contribution in [0.1, 0.15) is 56.9 Å². The maximum Gasteiger partial charge on any atom is 0.234 e. The van der Waals surface area contributed by atoms with Crippen molar-refractivity contribution in [3.63, 3.8) is 0 Å². The molecule has 0 aliphatic heterocycles. The van der Waals surface area contributed by atoms with Gasteiger partial charge < -0.3 is 0 Å². The first-order valence-corrected chi connectivity index (χ1v) is 6.86. The number of nitriles is 1. The summed E-state index contributed by atoms with van der Waals surface area (Å²) in [5, 5.41) is 27.0. The molecule has 0 N–H and O–H groups in total. The van der Waals surface area contributed by atoms with Gasteiger partial charge in [0, 0.05) is 11.3 Å². The van der Waals surface area contributed by atoms with E-state index < -0.39 is 0 Å². The summed E-state index contributed by atoms with van der Waals surface area (Å²) in [6.07, 6.45) is 0. The molecule has 0 radical (unpaired) electrons. The van der Waals surface area contributed by atoms with Crippen LogP contribution in [0.25, 0.3) is 5.13 Å². The van der Waals surface area contributed by atoms with Crippen LogP contribution in [-0.2, 0) is 5.41 Å². The lowest BCUT2D eigenvalue weighted by Gasteiger charge is -2.18.